The highest BCUT2D eigenvalue weighted by atomic mass is 32.1. The number of nitrogens with two attached hydrogens (primary N) is 1. The number of nitrogens with one attached hydrogen (secondary N) is 1. The van der Waals surface area contributed by atoms with Crippen molar-refractivity contribution < 1.29 is 9.47 Å². The van der Waals surface area contributed by atoms with Crippen molar-refractivity contribution in [2.45, 2.75) is 51.8 Å². The summed E-state index contributed by atoms with van der Waals surface area (Å²) in [4.78, 5) is 1.52. The van der Waals surface area contributed by atoms with Gasteiger partial charge in [0.1, 0.15) is 12.6 Å². The number of tetrazole rings is 1. The minimum Gasteiger partial charge on any atom is -0.375 e. The van der Waals surface area contributed by atoms with Crippen molar-refractivity contribution in [2.24, 2.45) is 10.8 Å². The quantitative estimate of drug-likeness (QED) is 0.377. The van der Waals surface area contributed by atoms with Crippen LogP contribution in [0, 0.1) is 11.7 Å². The fraction of sp³-hybridized carbons (Fsp3) is 0.450. The van der Waals surface area contributed by atoms with E-state index in [1.165, 1.54) is 10.4 Å². The molecule has 2 aromatic heterocycles. The predicted octanol–water partition coefficient (Wildman–Crippen LogP) is 1.32. The van der Waals surface area contributed by atoms with Gasteiger partial charge in [-0.1, -0.05) is 29.8 Å². The van der Waals surface area contributed by atoms with Crippen LogP contribution in [0.2, 0.25) is 0 Å². The van der Waals surface area contributed by atoms with Gasteiger partial charge in [-0.2, -0.15) is 15.0 Å². The van der Waals surface area contributed by atoms with E-state index in [9.17, 15) is 0 Å². The molecule has 12 nitrogen and oxygen atoms in total. The third-order valence-electron chi connectivity index (χ3n) is 5.78. The molecule has 0 spiro atoms. The zero-order valence-electron chi connectivity index (χ0n) is 18.7. The highest BCUT2D eigenvalue weighted by molar-refractivity contribution is 7.80. The molecule has 2 aliphatic heterocycles. The zero-order chi connectivity index (χ0) is 23.8. The Morgan fingerprint density at radius 3 is 2.82 bits per heavy atom. The summed E-state index contributed by atoms with van der Waals surface area (Å²) in [6.45, 7) is 5.44. The van der Waals surface area contributed by atoms with E-state index in [0.29, 0.717) is 42.4 Å². The Morgan fingerprint density at radius 2 is 2.09 bits per heavy atom. The molecule has 34 heavy (non-hydrogen) atoms. The Morgan fingerprint density at radius 1 is 1.29 bits per heavy atom. The lowest BCUT2D eigenvalue weighted by molar-refractivity contribution is -0.0323. The number of benzene rings is 1. The van der Waals surface area contributed by atoms with Crippen LogP contribution in [0.15, 0.2) is 29.4 Å². The highest BCUT2D eigenvalue weighted by Crippen LogP contribution is 2.33. The first-order valence-electron chi connectivity index (χ1n) is 10.8. The maximum absolute atomic E-state index is 5.99. The Hall–Kier alpha value is -3.07. The normalized spacial score (nSPS) is 22.9. The van der Waals surface area contributed by atoms with Crippen LogP contribution in [-0.2, 0) is 22.6 Å². The minimum atomic E-state index is -0.524. The van der Waals surface area contributed by atoms with E-state index >= 15 is 0 Å². The van der Waals surface area contributed by atoms with Crippen molar-refractivity contribution in [3.8, 4) is 11.4 Å². The molecule has 0 saturated carbocycles. The zero-order valence-corrected chi connectivity index (χ0v) is 20.3. The first kappa shape index (κ1) is 22.7. The third-order valence-corrected chi connectivity index (χ3v) is 6.28. The fourth-order valence-corrected chi connectivity index (χ4v) is 4.52. The third kappa shape index (κ3) is 4.36. The Bertz CT molecular complexity index is 1300. The van der Waals surface area contributed by atoms with Crippen molar-refractivity contribution in [3.63, 3.8) is 0 Å². The molecule has 14 heteroatoms. The topological polar surface area (TPSA) is 135 Å². The Balaban J connectivity index is 1.41. The summed E-state index contributed by atoms with van der Waals surface area (Å²) in [5.74, 6) is 1.28. The van der Waals surface area contributed by atoms with E-state index in [1.807, 2.05) is 42.7 Å². The van der Waals surface area contributed by atoms with E-state index in [1.54, 1.807) is 4.68 Å². The first-order chi connectivity index (χ1) is 16.4. The highest BCUT2D eigenvalue weighted by Gasteiger charge is 2.44. The number of hydrogen-bond acceptors (Lipinski definition) is 9. The maximum Gasteiger partial charge on any atom is 0.204 e. The van der Waals surface area contributed by atoms with Crippen molar-refractivity contribution in [2.75, 3.05) is 6.61 Å². The van der Waals surface area contributed by atoms with Crippen molar-refractivity contribution in [3.05, 3.63) is 40.4 Å². The number of aryl methyl sites for hydroxylation is 1. The van der Waals surface area contributed by atoms with Crippen LogP contribution in [0.1, 0.15) is 30.8 Å². The predicted molar refractivity (Wildman–Crippen MR) is 129 cm³/mol. The molecule has 5 rings (SSSR count). The number of fused-ring (bicyclic) bond motifs is 2. The molecule has 0 aliphatic carbocycles. The molecule has 2 aliphatic rings. The van der Waals surface area contributed by atoms with E-state index < -0.39 is 6.29 Å². The van der Waals surface area contributed by atoms with Gasteiger partial charge in [0, 0.05) is 18.5 Å². The summed E-state index contributed by atoms with van der Waals surface area (Å²) in [6.07, 6.45) is -0.172. The van der Waals surface area contributed by atoms with Gasteiger partial charge in [-0.3, -0.25) is 5.43 Å². The van der Waals surface area contributed by atoms with Gasteiger partial charge in [0.2, 0.25) is 5.82 Å². The van der Waals surface area contributed by atoms with Gasteiger partial charge in [0.05, 0.1) is 18.4 Å². The van der Waals surface area contributed by atoms with Crippen LogP contribution in [-0.4, -0.2) is 64.4 Å². The molecule has 0 radical (unpaired) electrons. The summed E-state index contributed by atoms with van der Waals surface area (Å²) >= 11 is 10.6. The SMILES string of the molecule is CCn1c(Cn2nnc(-c3ccc(C)cc3)n2)nn([C@H]2C/C(=N\NC(N)=S)[C@@H]3OC[C@H]2O3)c1=S. The molecular formula is C20H24N10O2S2. The second-order valence-electron chi connectivity index (χ2n) is 8.09. The number of aromatic nitrogens is 7. The number of thiocarbonyl (C=S) groups is 1. The number of ether oxygens (including phenoxy) is 2. The molecular weight excluding hydrogens is 476 g/mol. The molecule has 4 heterocycles. The molecule has 1 aromatic carbocycles. The molecule has 3 atom stereocenters. The molecule has 3 aromatic rings. The summed E-state index contributed by atoms with van der Waals surface area (Å²) < 4.78 is 16.1. The monoisotopic (exact) mass is 500 g/mol. The molecule has 3 N–H and O–H groups in total. The number of rotatable bonds is 6. The molecule has 2 saturated heterocycles. The van der Waals surface area contributed by atoms with Crippen LogP contribution in [0.25, 0.3) is 11.4 Å². The summed E-state index contributed by atoms with van der Waals surface area (Å²) in [6, 6.07) is 7.80. The van der Waals surface area contributed by atoms with Crippen LogP contribution < -0.4 is 11.2 Å². The fourth-order valence-electron chi connectivity index (χ4n) is 4.07. The molecule has 0 unspecified atom stereocenters. The molecule has 2 bridgehead atoms. The van der Waals surface area contributed by atoms with E-state index in [4.69, 9.17) is 44.7 Å². The Kier molecular flexibility index (Phi) is 6.20. The van der Waals surface area contributed by atoms with Gasteiger partial charge in [-0.25, -0.2) is 4.68 Å². The standard InChI is InChI=1S/C20H24N10O2S2/c1-3-28-16(9-29-26-17(23-27-29)12-6-4-11(2)5-7-12)25-30(20(28)34)14-8-13(22-24-19(21)33)18-31-10-15(14)32-18/h4-7,14-15,18H,3,8-10H2,1-2H3,(H3,21,24,33)/b22-13+/t14-,15+,18+/m0/s1. The number of hydrogen-bond donors (Lipinski definition) is 2. The van der Waals surface area contributed by atoms with E-state index in [0.717, 1.165) is 11.4 Å². The number of nitrogens with zero attached hydrogens (tertiary/aromatic N) is 8. The molecule has 2 fully saturated rings. The van der Waals surface area contributed by atoms with Crippen LogP contribution >= 0.6 is 24.4 Å². The van der Waals surface area contributed by atoms with E-state index in [2.05, 4.69) is 25.9 Å². The second kappa shape index (κ2) is 9.29. The van der Waals surface area contributed by atoms with Gasteiger partial charge in [-0.05, 0) is 43.5 Å². The van der Waals surface area contributed by atoms with Crippen LogP contribution in [0.3, 0.4) is 0 Å². The van der Waals surface area contributed by atoms with Crippen molar-refractivity contribution >= 4 is 35.3 Å². The second-order valence-corrected chi connectivity index (χ2v) is 8.89. The average molecular weight is 501 g/mol. The largest absolute Gasteiger partial charge is 0.375 e. The van der Waals surface area contributed by atoms with Crippen molar-refractivity contribution in [1.29, 1.82) is 0 Å². The van der Waals surface area contributed by atoms with Crippen LogP contribution in [0.4, 0.5) is 0 Å². The van der Waals surface area contributed by atoms with Gasteiger partial charge in [0.15, 0.2) is 22.0 Å². The first-order valence-corrected chi connectivity index (χ1v) is 11.7. The van der Waals surface area contributed by atoms with Gasteiger partial charge < -0.3 is 19.8 Å². The lowest BCUT2D eigenvalue weighted by Gasteiger charge is -2.28. The van der Waals surface area contributed by atoms with E-state index in [-0.39, 0.29) is 17.3 Å². The van der Waals surface area contributed by atoms with Crippen molar-refractivity contribution in [1.82, 2.24) is 40.0 Å². The van der Waals surface area contributed by atoms with Crippen LogP contribution in [0.5, 0.6) is 0 Å². The number of hydrazone groups is 1. The summed E-state index contributed by atoms with van der Waals surface area (Å²) in [5, 5.41) is 22.1. The smallest absolute Gasteiger partial charge is 0.204 e. The molecule has 0 amide bonds. The van der Waals surface area contributed by atoms with Gasteiger partial charge >= 0.3 is 0 Å². The summed E-state index contributed by atoms with van der Waals surface area (Å²) in [5.41, 5.74) is 10.9. The minimum absolute atomic E-state index is 0.0728. The molecule has 178 valence electrons. The average Bonchev–Trinajstić information content (AvgIpc) is 3.53. The van der Waals surface area contributed by atoms with Gasteiger partial charge in [0.25, 0.3) is 0 Å². The lowest BCUT2D eigenvalue weighted by Crippen LogP contribution is -2.39. The lowest BCUT2D eigenvalue weighted by atomic mass is 10.0. The Labute approximate surface area is 205 Å². The van der Waals surface area contributed by atoms with Gasteiger partial charge in [-0.15, -0.1) is 10.2 Å². The maximum atomic E-state index is 5.99. The summed E-state index contributed by atoms with van der Waals surface area (Å²) in [7, 11) is 0.